The summed E-state index contributed by atoms with van der Waals surface area (Å²) in [6, 6.07) is 3.57. The van der Waals surface area contributed by atoms with Crippen LogP contribution in [-0.4, -0.2) is 53.9 Å². The number of aromatic amines is 1. The second kappa shape index (κ2) is 7.63. The van der Waals surface area contributed by atoms with E-state index >= 15 is 0 Å². The van der Waals surface area contributed by atoms with E-state index in [2.05, 4.69) is 15.0 Å². The highest BCUT2D eigenvalue weighted by Gasteiger charge is 2.24. The van der Waals surface area contributed by atoms with Crippen molar-refractivity contribution in [2.75, 3.05) is 20.2 Å². The molecule has 0 aromatic carbocycles. The van der Waals surface area contributed by atoms with Crippen molar-refractivity contribution in [3.05, 3.63) is 24.0 Å². The molecule has 7 heteroatoms. The third-order valence-electron chi connectivity index (χ3n) is 3.80. The average molecular weight is 307 g/mol. The van der Waals surface area contributed by atoms with Crippen LogP contribution < -0.4 is 5.32 Å². The number of hydrogen-bond donors (Lipinski definition) is 2. The molecule has 2 rings (SSSR count). The highest BCUT2D eigenvalue weighted by Crippen LogP contribution is 2.13. The molecule has 120 valence electrons. The van der Waals surface area contributed by atoms with Crippen molar-refractivity contribution in [3.8, 4) is 0 Å². The second-order valence-corrected chi connectivity index (χ2v) is 5.29. The number of nitrogens with zero attached hydrogens (tertiary/aromatic N) is 1. The Kier molecular flexibility index (Phi) is 5.57. The normalized spacial score (nSPS) is 15.4. The maximum atomic E-state index is 12.0. The van der Waals surface area contributed by atoms with E-state index in [9.17, 15) is 14.4 Å². The van der Waals surface area contributed by atoms with Crippen LogP contribution in [0.15, 0.2) is 18.3 Å². The molecule has 0 bridgehead atoms. The summed E-state index contributed by atoms with van der Waals surface area (Å²) in [5.41, 5.74) is 0.539. The molecule has 2 amide bonds. The first-order valence-corrected chi connectivity index (χ1v) is 7.39. The van der Waals surface area contributed by atoms with Gasteiger partial charge in [-0.15, -0.1) is 0 Å². The van der Waals surface area contributed by atoms with Crippen LogP contribution in [0.25, 0.3) is 0 Å². The fourth-order valence-corrected chi connectivity index (χ4v) is 2.48. The minimum atomic E-state index is -0.374. The fourth-order valence-electron chi connectivity index (χ4n) is 2.48. The van der Waals surface area contributed by atoms with Crippen molar-refractivity contribution in [2.24, 2.45) is 0 Å². The lowest BCUT2D eigenvalue weighted by molar-refractivity contribution is -0.143. The van der Waals surface area contributed by atoms with Crippen molar-refractivity contribution in [1.82, 2.24) is 15.2 Å². The monoisotopic (exact) mass is 307 g/mol. The lowest BCUT2D eigenvalue weighted by Gasteiger charge is -2.32. The Morgan fingerprint density at radius 2 is 2.05 bits per heavy atom. The number of piperidine rings is 1. The van der Waals surface area contributed by atoms with Crippen LogP contribution in [0, 0.1) is 0 Å². The number of ether oxygens (including phenoxy) is 1. The van der Waals surface area contributed by atoms with Gasteiger partial charge in [-0.3, -0.25) is 14.4 Å². The predicted octanol–water partition coefficient (Wildman–Crippen LogP) is 0.689. The zero-order valence-electron chi connectivity index (χ0n) is 12.6. The summed E-state index contributed by atoms with van der Waals surface area (Å²) >= 11 is 0. The van der Waals surface area contributed by atoms with Gasteiger partial charge in [0.15, 0.2) is 0 Å². The Bertz CT molecular complexity index is 519. The zero-order valence-corrected chi connectivity index (χ0v) is 12.6. The summed E-state index contributed by atoms with van der Waals surface area (Å²) in [4.78, 5) is 39.5. The van der Waals surface area contributed by atoms with Gasteiger partial charge in [0.05, 0.1) is 13.5 Å². The van der Waals surface area contributed by atoms with Gasteiger partial charge in [-0.2, -0.15) is 0 Å². The Morgan fingerprint density at radius 3 is 2.64 bits per heavy atom. The van der Waals surface area contributed by atoms with E-state index in [0.29, 0.717) is 18.8 Å². The summed E-state index contributed by atoms with van der Waals surface area (Å²) in [7, 11) is 1.31. The van der Waals surface area contributed by atoms with E-state index in [0.717, 1.165) is 12.8 Å². The number of H-pyrrole nitrogens is 1. The summed E-state index contributed by atoms with van der Waals surface area (Å²) < 4.78 is 4.52. The highest BCUT2D eigenvalue weighted by atomic mass is 16.5. The summed E-state index contributed by atoms with van der Waals surface area (Å²) in [6.45, 7) is 1.19. The van der Waals surface area contributed by atoms with Crippen LogP contribution in [0.1, 0.15) is 36.2 Å². The number of aromatic nitrogens is 1. The van der Waals surface area contributed by atoms with E-state index in [-0.39, 0.29) is 36.7 Å². The number of carbonyl (C=O) groups excluding carboxylic acids is 3. The molecule has 0 unspecified atom stereocenters. The minimum Gasteiger partial charge on any atom is -0.469 e. The maximum absolute atomic E-state index is 12.0. The van der Waals surface area contributed by atoms with Crippen LogP contribution in [0.4, 0.5) is 0 Å². The summed E-state index contributed by atoms with van der Waals surface area (Å²) in [6.07, 6.45) is 3.43. The number of carbonyl (C=O) groups is 3. The molecule has 0 atom stereocenters. The largest absolute Gasteiger partial charge is 0.469 e. The smallest absolute Gasteiger partial charge is 0.306 e. The molecule has 1 aromatic heterocycles. The molecule has 1 fully saturated rings. The Morgan fingerprint density at radius 1 is 1.32 bits per heavy atom. The van der Waals surface area contributed by atoms with Crippen LogP contribution in [0.2, 0.25) is 0 Å². The third kappa shape index (κ3) is 4.34. The number of methoxy groups -OCH3 is 1. The average Bonchev–Trinajstić information content (AvgIpc) is 3.07. The molecular formula is C15H21N3O4. The summed E-state index contributed by atoms with van der Waals surface area (Å²) in [5.74, 6) is -0.540. The van der Waals surface area contributed by atoms with Gasteiger partial charge in [-0.05, 0) is 25.0 Å². The highest BCUT2D eigenvalue weighted by molar-refractivity contribution is 5.92. The number of esters is 1. The molecule has 0 saturated carbocycles. The third-order valence-corrected chi connectivity index (χ3v) is 3.80. The van der Waals surface area contributed by atoms with Crippen molar-refractivity contribution in [2.45, 2.75) is 31.7 Å². The van der Waals surface area contributed by atoms with E-state index in [1.807, 2.05) is 0 Å². The SMILES string of the molecule is COC(=O)CCC(=O)N1CCC(NC(=O)c2ccc[nH]2)CC1. The molecule has 0 radical (unpaired) electrons. The molecular weight excluding hydrogens is 286 g/mol. The van der Waals surface area contributed by atoms with Gasteiger partial charge >= 0.3 is 5.97 Å². The van der Waals surface area contributed by atoms with Crippen molar-refractivity contribution in [1.29, 1.82) is 0 Å². The minimum absolute atomic E-state index is 0.0421. The number of rotatable bonds is 5. The molecule has 0 aliphatic carbocycles. The molecule has 22 heavy (non-hydrogen) atoms. The number of likely N-dealkylation sites (tertiary alicyclic amines) is 1. The van der Waals surface area contributed by atoms with Gasteiger partial charge in [0.2, 0.25) is 5.91 Å². The first-order valence-electron chi connectivity index (χ1n) is 7.39. The molecule has 0 spiro atoms. The predicted molar refractivity (Wildman–Crippen MR) is 79.1 cm³/mol. The van der Waals surface area contributed by atoms with Crippen LogP contribution in [0.5, 0.6) is 0 Å². The van der Waals surface area contributed by atoms with Gasteiger partial charge in [0.1, 0.15) is 5.69 Å². The van der Waals surface area contributed by atoms with E-state index < -0.39 is 0 Å². The molecule has 1 saturated heterocycles. The van der Waals surface area contributed by atoms with Crippen molar-refractivity contribution in [3.63, 3.8) is 0 Å². The van der Waals surface area contributed by atoms with E-state index in [4.69, 9.17) is 0 Å². The molecule has 2 heterocycles. The molecule has 2 N–H and O–H groups in total. The first kappa shape index (κ1) is 16.1. The Hall–Kier alpha value is -2.31. The van der Waals surface area contributed by atoms with Crippen LogP contribution in [-0.2, 0) is 14.3 Å². The zero-order chi connectivity index (χ0) is 15.9. The quantitative estimate of drug-likeness (QED) is 0.783. The number of amides is 2. The number of nitrogens with one attached hydrogen (secondary N) is 2. The lowest BCUT2D eigenvalue weighted by atomic mass is 10.0. The fraction of sp³-hybridized carbons (Fsp3) is 0.533. The van der Waals surface area contributed by atoms with Gasteiger partial charge in [-0.25, -0.2) is 0 Å². The standard InChI is InChI=1S/C15H21N3O4/c1-22-14(20)5-4-13(19)18-9-6-11(7-10-18)17-15(21)12-3-2-8-16-12/h2-3,8,11,16H,4-7,9-10H2,1H3,(H,17,21). The lowest BCUT2D eigenvalue weighted by Crippen LogP contribution is -2.46. The topological polar surface area (TPSA) is 91.5 Å². The van der Waals surface area contributed by atoms with Gasteiger partial charge in [-0.1, -0.05) is 0 Å². The van der Waals surface area contributed by atoms with Crippen LogP contribution in [0.3, 0.4) is 0 Å². The van der Waals surface area contributed by atoms with E-state index in [1.54, 1.807) is 23.2 Å². The first-order chi connectivity index (χ1) is 10.6. The molecule has 1 aromatic rings. The second-order valence-electron chi connectivity index (χ2n) is 5.29. The van der Waals surface area contributed by atoms with Gasteiger partial charge < -0.3 is 19.9 Å². The van der Waals surface area contributed by atoms with Gasteiger partial charge in [0, 0.05) is 31.7 Å². The van der Waals surface area contributed by atoms with Crippen LogP contribution >= 0.6 is 0 Å². The van der Waals surface area contributed by atoms with Crippen molar-refractivity contribution < 1.29 is 19.1 Å². The van der Waals surface area contributed by atoms with Crippen molar-refractivity contribution >= 4 is 17.8 Å². The molecule has 1 aliphatic heterocycles. The van der Waals surface area contributed by atoms with E-state index in [1.165, 1.54) is 7.11 Å². The molecule has 1 aliphatic rings. The Labute approximate surface area is 129 Å². The summed E-state index contributed by atoms with van der Waals surface area (Å²) in [5, 5.41) is 2.96. The maximum Gasteiger partial charge on any atom is 0.306 e. The Balaban J connectivity index is 1.72. The van der Waals surface area contributed by atoms with Gasteiger partial charge in [0.25, 0.3) is 5.91 Å². The number of hydrogen-bond acceptors (Lipinski definition) is 4. The molecule has 7 nitrogen and oxygen atoms in total.